The molecule has 1 atom stereocenters. The molecule has 4 aromatic rings. The molecule has 4 rings (SSSR count). The number of carbonyl (C=O) groups is 1. The molecule has 1 amide bonds. The van der Waals surface area contributed by atoms with Gasteiger partial charge in [-0.3, -0.25) is 4.79 Å². The molecule has 2 aromatic carbocycles. The molecule has 1 unspecified atom stereocenters. The van der Waals surface area contributed by atoms with Crippen LogP contribution in [0.5, 0.6) is 17.2 Å². The highest BCUT2D eigenvalue weighted by molar-refractivity contribution is 5.94. The summed E-state index contributed by atoms with van der Waals surface area (Å²) in [5.74, 6) is 1.79. The molecule has 0 aliphatic heterocycles. The number of nitrogens with zero attached hydrogens (tertiary/aromatic N) is 2. The van der Waals surface area contributed by atoms with Gasteiger partial charge in [0.15, 0.2) is 11.5 Å². The summed E-state index contributed by atoms with van der Waals surface area (Å²) in [6.45, 7) is 7.20. The summed E-state index contributed by atoms with van der Waals surface area (Å²) < 4.78 is 19.2. The minimum atomic E-state index is -0.218. The molecule has 0 saturated carbocycles. The lowest BCUT2D eigenvalue weighted by Gasteiger charge is -2.18. The van der Waals surface area contributed by atoms with Crippen molar-refractivity contribution in [3.63, 3.8) is 0 Å². The summed E-state index contributed by atoms with van der Waals surface area (Å²) in [5.41, 5.74) is 3.13. The number of pyridine rings is 1. The predicted octanol–water partition coefficient (Wildman–Crippen LogP) is 5.20. The molecule has 1 N–H and O–H groups in total. The van der Waals surface area contributed by atoms with E-state index in [1.165, 1.54) is 0 Å². The molecular weight excluding hydrogens is 430 g/mol. The van der Waals surface area contributed by atoms with Gasteiger partial charge < -0.3 is 23.9 Å². The Morgan fingerprint density at radius 1 is 0.971 bits per heavy atom. The molecule has 2 aromatic heterocycles. The number of imidazole rings is 1. The van der Waals surface area contributed by atoms with Gasteiger partial charge >= 0.3 is 0 Å². The van der Waals surface area contributed by atoms with Gasteiger partial charge in [-0.25, -0.2) is 4.98 Å². The topological polar surface area (TPSA) is 74.1 Å². The van der Waals surface area contributed by atoms with E-state index in [0.717, 1.165) is 16.9 Å². The summed E-state index contributed by atoms with van der Waals surface area (Å²) in [7, 11) is 0. The highest BCUT2D eigenvalue weighted by Gasteiger charge is 2.15. The Morgan fingerprint density at radius 3 is 2.59 bits per heavy atom. The Bertz CT molecular complexity index is 1230. The van der Waals surface area contributed by atoms with Crippen LogP contribution in [0.15, 0.2) is 73.1 Å². The molecule has 7 heteroatoms. The van der Waals surface area contributed by atoms with E-state index in [1.54, 1.807) is 12.1 Å². The van der Waals surface area contributed by atoms with Crippen LogP contribution in [0.25, 0.3) is 5.65 Å². The zero-order valence-electron chi connectivity index (χ0n) is 19.7. The summed E-state index contributed by atoms with van der Waals surface area (Å²) in [5, 5.41) is 3.05. The number of ether oxygens (including phenoxy) is 3. The van der Waals surface area contributed by atoms with Crippen LogP contribution in [0, 0.1) is 0 Å². The largest absolute Gasteiger partial charge is 0.490 e. The van der Waals surface area contributed by atoms with Crippen LogP contribution in [0.2, 0.25) is 0 Å². The molecule has 7 nitrogen and oxygen atoms in total. The minimum Gasteiger partial charge on any atom is -0.490 e. The van der Waals surface area contributed by atoms with E-state index < -0.39 is 0 Å². The molecule has 0 radical (unpaired) electrons. The summed E-state index contributed by atoms with van der Waals surface area (Å²) >= 11 is 0. The maximum atomic E-state index is 12.9. The van der Waals surface area contributed by atoms with Gasteiger partial charge in [-0.05, 0) is 68.8 Å². The zero-order valence-corrected chi connectivity index (χ0v) is 19.7. The van der Waals surface area contributed by atoms with Gasteiger partial charge in [-0.1, -0.05) is 18.2 Å². The van der Waals surface area contributed by atoms with Gasteiger partial charge in [-0.2, -0.15) is 0 Å². The van der Waals surface area contributed by atoms with E-state index in [1.807, 2.05) is 86.1 Å². The van der Waals surface area contributed by atoms with Crippen LogP contribution < -0.4 is 19.5 Å². The number of carbonyl (C=O) groups excluding carboxylic acids is 1. The van der Waals surface area contributed by atoms with Crippen molar-refractivity contribution in [3.05, 3.63) is 89.9 Å². The number of rotatable bonds is 10. The number of nitrogens with one attached hydrogen (secondary N) is 1. The normalized spacial score (nSPS) is 11.7. The van der Waals surface area contributed by atoms with E-state index in [4.69, 9.17) is 14.2 Å². The second kappa shape index (κ2) is 10.7. The van der Waals surface area contributed by atoms with Gasteiger partial charge in [-0.15, -0.1) is 0 Å². The standard InChI is InChI=1S/C27H29N3O4/c1-4-32-24-13-12-20(16-25(24)33-5-2)19(3)28-27(31)21-9-8-10-23(15-21)34-18-22-17-30-14-7-6-11-26(30)29-22/h6-17,19H,4-5,18H2,1-3H3,(H,28,31). The van der Waals surface area contributed by atoms with Crippen molar-refractivity contribution in [2.24, 2.45) is 0 Å². The second-order valence-electron chi connectivity index (χ2n) is 7.78. The fourth-order valence-electron chi connectivity index (χ4n) is 3.64. The van der Waals surface area contributed by atoms with E-state index in [0.29, 0.717) is 42.6 Å². The first-order valence-electron chi connectivity index (χ1n) is 11.4. The first-order valence-corrected chi connectivity index (χ1v) is 11.4. The monoisotopic (exact) mass is 459 g/mol. The fourth-order valence-corrected chi connectivity index (χ4v) is 3.64. The number of amides is 1. The van der Waals surface area contributed by atoms with Gasteiger partial charge in [0.25, 0.3) is 5.91 Å². The Labute approximate surface area is 199 Å². The molecule has 0 fully saturated rings. The zero-order chi connectivity index (χ0) is 23.9. The van der Waals surface area contributed by atoms with Crippen molar-refractivity contribution in [1.29, 1.82) is 0 Å². The number of benzene rings is 2. The Hall–Kier alpha value is -4.00. The highest BCUT2D eigenvalue weighted by atomic mass is 16.5. The summed E-state index contributed by atoms with van der Waals surface area (Å²) in [6, 6.07) is 18.5. The van der Waals surface area contributed by atoms with Crippen molar-refractivity contribution in [2.45, 2.75) is 33.4 Å². The van der Waals surface area contributed by atoms with Crippen molar-refractivity contribution >= 4 is 11.6 Å². The predicted molar refractivity (Wildman–Crippen MR) is 131 cm³/mol. The molecule has 0 aliphatic carbocycles. The Morgan fingerprint density at radius 2 is 1.79 bits per heavy atom. The van der Waals surface area contributed by atoms with Crippen LogP contribution in [-0.4, -0.2) is 28.5 Å². The van der Waals surface area contributed by atoms with Gasteiger partial charge in [0.2, 0.25) is 0 Å². The quantitative estimate of drug-likeness (QED) is 0.353. The molecule has 2 heterocycles. The molecular formula is C27H29N3O4. The van der Waals surface area contributed by atoms with Crippen LogP contribution in [0.3, 0.4) is 0 Å². The third kappa shape index (κ3) is 5.49. The number of fused-ring (bicyclic) bond motifs is 1. The lowest BCUT2D eigenvalue weighted by Crippen LogP contribution is -2.26. The van der Waals surface area contributed by atoms with Gasteiger partial charge in [0, 0.05) is 18.0 Å². The van der Waals surface area contributed by atoms with E-state index in [-0.39, 0.29) is 11.9 Å². The smallest absolute Gasteiger partial charge is 0.251 e. The third-order valence-electron chi connectivity index (χ3n) is 5.31. The maximum Gasteiger partial charge on any atom is 0.251 e. The van der Waals surface area contributed by atoms with Gasteiger partial charge in [0.1, 0.15) is 18.0 Å². The van der Waals surface area contributed by atoms with Crippen LogP contribution in [-0.2, 0) is 6.61 Å². The lowest BCUT2D eigenvalue weighted by atomic mass is 10.1. The number of hydrogen-bond donors (Lipinski definition) is 1. The molecule has 0 spiro atoms. The van der Waals surface area contributed by atoms with Crippen molar-refractivity contribution in [1.82, 2.24) is 14.7 Å². The lowest BCUT2D eigenvalue weighted by molar-refractivity contribution is 0.0939. The number of aromatic nitrogens is 2. The fraction of sp³-hybridized carbons (Fsp3) is 0.259. The van der Waals surface area contributed by atoms with Crippen molar-refractivity contribution < 1.29 is 19.0 Å². The van der Waals surface area contributed by atoms with Crippen LogP contribution in [0.4, 0.5) is 0 Å². The third-order valence-corrected chi connectivity index (χ3v) is 5.31. The molecule has 34 heavy (non-hydrogen) atoms. The van der Waals surface area contributed by atoms with Gasteiger partial charge in [0.05, 0.1) is 24.9 Å². The van der Waals surface area contributed by atoms with E-state index in [9.17, 15) is 4.79 Å². The average molecular weight is 460 g/mol. The first kappa shape index (κ1) is 23.2. The van der Waals surface area contributed by atoms with Crippen LogP contribution in [0.1, 0.15) is 48.4 Å². The number of hydrogen-bond acceptors (Lipinski definition) is 5. The second-order valence-corrected chi connectivity index (χ2v) is 7.78. The average Bonchev–Trinajstić information content (AvgIpc) is 3.27. The maximum absolute atomic E-state index is 12.9. The Balaban J connectivity index is 1.41. The van der Waals surface area contributed by atoms with E-state index in [2.05, 4.69) is 10.3 Å². The summed E-state index contributed by atoms with van der Waals surface area (Å²) in [6.07, 6.45) is 3.88. The minimum absolute atomic E-state index is 0.183. The summed E-state index contributed by atoms with van der Waals surface area (Å²) in [4.78, 5) is 17.4. The highest BCUT2D eigenvalue weighted by Crippen LogP contribution is 2.31. The molecule has 176 valence electrons. The SMILES string of the molecule is CCOc1ccc(C(C)NC(=O)c2cccc(OCc3cn4ccccc4n3)c2)cc1OCC. The molecule has 0 bridgehead atoms. The van der Waals surface area contributed by atoms with Crippen LogP contribution >= 0.6 is 0 Å². The Kier molecular flexibility index (Phi) is 7.32. The van der Waals surface area contributed by atoms with Crippen molar-refractivity contribution in [3.8, 4) is 17.2 Å². The van der Waals surface area contributed by atoms with Crippen molar-refractivity contribution in [2.75, 3.05) is 13.2 Å². The van der Waals surface area contributed by atoms with E-state index >= 15 is 0 Å². The molecule has 0 aliphatic rings. The first-order chi connectivity index (χ1) is 16.6. The molecule has 0 saturated heterocycles.